The molecule has 1 heterocycles. The highest BCUT2D eigenvalue weighted by Crippen LogP contribution is 2.42. The van der Waals surface area contributed by atoms with Crippen LogP contribution in [0.4, 0.5) is 5.69 Å². The highest BCUT2D eigenvalue weighted by atomic mass is 79.9. The van der Waals surface area contributed by atoms with Crippen LogP contribution in [0.25, 0.3) is 11.5 Å². The number of rotatable bonds is 4. The molecule has 2 aromatic rings. The molecule has 1 aliphatic rings. The van der Waals surface area contributed by atoms with Gasteiger partial charge < -0.3 is 15.0 Å². The van der Waals surface area contributed by atoms with E-state index in [0.29, 0.717) is 23.3 Å². The molecule has 3 rings (SSSR count). The van der Waals surface area contributed by atoms with Crippen molar-refractivity contribution in [2.45, 2.75) is 18.9 Å². The van der Waals surface area contributed by atoms with Crippen LogP contribution in [0.2, 0.25) is 0 Å². The van der Waals surface area contributed by atoms with Crippen molar-refractivity contribution in [1.29, 1.82) is 0 Å². The van der Waals surface area contributed by atoms with Crippen LogP contribution in [0.5, 0.6) is 0 Å². The van der Waals surface area contributed by atoms with Crippen LogP contribution in [-0.2, 0) is 4.74 Å². The Morgan fingerprint density at radius 1 is 1.47 bits per heavy atom. The van der Waals surface area contributed by atoms with E-state index in [1.54, 1.807) is 13.2 Å². The molecule has 2 N–H and O–H groups in total. The standard InChI is InChI=1S/C13H14BrN3O2/c1-18-11(7-2-3-7)12-16-13(19-17-12)8-4-5-10(15)9(14)6-8/h4-7,11H,2-3,15H2,1H3. The molecule has 0 saturated heterocycles. The first-order valence-electron chi connectivity index (χ1n) is 6.11. The van der Waals surface area contributed by atoms with Crippen molar-refractivity contribution in [2.24, 2.45) is 5.92 Å². The summed E-state index contributed by atoms with van der Waals surface area (Å²) in [5, 5.41) is 4.02. The molecule has 0 radical (unpaired) electrons. The smallest absolute Gasteiger partial charge is 0.258 e. The number of aromatic nitrogens is 2. The second kappa shape index (κ2) is 4.94. The Morgan fingerprint density at radius 2 is 2.26 bits per heavy atom. The molecule has 5 nitrogen and oxygen atoms in total. The normalized spacial score (nSPS) is 16.5. The zero-order valence-electron chi connectivity index (χ0n) is 10.5. The van der Waals surface area contributed by atoms with Gasteiger partial charge in [-0.15, -0.1) is 0 Å². The van der Waals surface area contributed by atoms with Gasteiger partial charge in [-0.25, -0.2) is 0 Å². The molecule has 1 fully saturated rings. The summed E-state index contributed by atoms with van der Waals surface area (Å²) < 4.78 is 11.6. The zero-order valence-corrected chi connectivity index (χ0v) is 12.1. The molecular formula is C13H14BrN3O2. The quantitative estimate of drug-likeness (QED) is 0.874. The molecule has 0 bridgehead atoms. The molecule has 1 saturated carbocycles. The predicted octanol–water partition coefficient (Wildman–Crippen LogP) is 3.18. The predicted molar refractivity (Wildman–Crippen MR) is 74.3 cm³/mol. The van der Waals surface area contributed by atoms with E-state index in [-0.39, 0.29) is 6.10 Å². The molecular weight excluding hydrogens is 310 g/mol. The Bertz CT molecular complexity index is 595. The molecule has 6 heteroatoms. The number of nitrogens with zero attached hydrogens (tertiary/aromatic N) is 2. The molecule has 1 unspecified atom stereocenters. The number of anilines is 1. The molecule has 0 aliphatic heterocycles. The van der Waals surface area contributed by atoms with Crippen molar-refractivity contribution >= 4 is 21.6 Å². The first-order valence-corrected chi connectivity index (χ1v) is 6.90. The maximum Gasteiger partial charge on any atom is 0.258 e. The number of ether oxygens (including phenoxy) is 1. The second-order valence-electron chi connectivity index (χ2n) is 4.69. The topological polar surface area (TPSA) is 74.2 Å². The summed E-state index contributed by atoms with van der Waals surface area (Å²) in [4.78, 5) is 4.42. The number of methoxy groups -OCH3 is 1. The Kier molecular flexibility index (Phi) is 3.28. The minimum atomic E-state index is -0.0604. The highest BCUT2D eigenvalue weighted by molar-refractivity contribution is 9.10. The lowest BCUT2D eigenvalue weighted by Gasteiger charge is -2.08. The average Bonchev–Trinajstić information content (AvgIpc) is 3.11. The summed E-state index contributed by atoms with van der Waals surface area (Å²) >= 11 is 3.39. The van der Waals surface area contributed by atoms with E-state index in [1.165, 1.54) is 0 Å². The van der Waals surface area contributed by atoms with Gasteiger partial charge in [-0.05, 0) is 52.9 Å². The van der Waals surface area contributed by atoms with Gasteiger partial charge in [0.1, 0.15) is 6.10 Å². The van der Waals surface area contributed by atoms with Gasteiger partial charge in [0.25, 0.3) is 5.89 Å². The van der Waals surface area contributed by atoms with E-state index < -0.39 is 0 Å². The number of nitrogen functional groups attached to an aromatic ring is 1. The number of hydrogen-bond donors (Lipinski definition) is 1. The fourth-order valence-electron chi connectivity index (χ4n) is 2.04. The second-order valence-corrected chi connectivity index (χ2v) is 5.54. The molecule has 1 aromatic heterocycles. The number of benzene rings is 1. The SMILES string of the molecule is COC(c1noc(-c2ccc(N)c(Br)c2)n1)C1CC1. The Labute approximate surface area is 119 Å². The Hall–Kier alpha value is -1.40. The van der Waals surface area contributed by atoms with Gasteiger partial charge in [-0.3, -0.25) is 0 Å². The Balaban J connectivity index is 1.89. The van der Waals surface area contributed by atoms with Crippen molar-refractivity contribution in [3.05, 3.63) is 28.5 Å². The summed E-state index contributed by atoms with van der Waals surface area (Å²) in [6.07, 6.45) is 2.26. The van der Waals surface area contributed by atoms with Crippen LogP contribution >= 0.6 is 15.9 Å². The van der Waals surface area contributed by atoms with Crippen molar-refractivity contribution in [2.75, 3.05) is 12.8 Å². The first kappa shape index (κ1) is 12.6. The van der Waals surface area contributed by atoms with Crippen molar-refractivity contribution in [3.8, 4) is 11.5 Å². The lowest BCUT2D eigenvalue weighted by atomic mass is 10.2. The average molecular weight is 324 g/mol. The van der Waals surface area contributed by atoms with Gasteiger partial charge in [0.05, 0.1) is 0 Å². The summed E-state index contributed by atoms with van der Waals surface area (Å²) in [6.45, 7) is 0. The summed E-state index contributed by atoms with van der Waals surface area (Å²) in [6, 6.07) is 5.53. The lowest BCUT2D eigenvalue weighted by molar-refractivity contribution is 0.0751. The molecule has 100 valence electrons. The van der Waals surface area contributed by atoms with Crippen LogP contribution in [-0.4, -0.2) is 17.3 Å². The van der Waals surface area contributed by atoms with E-state index in [9.17, 15) is 0 Å². The van der Waals surface area contributed by atoms with Crippen molar-refractivity contribution in [1.82, 2.24) is 10.1 Å². The largest absolute Gasteiger partial charge is 0.398 e. The molecule has 0 amide bonds. The van der Waals surface area contributed by atoms with Crippen LogP contribution in [0.3, 0.4) is 0 Å². The van der Waals surface area contributed by atoms with Crippen LogP contribution in [0, 0.1) is 5.92 Å². The number of hydrogen-bond acceptors (Lipinski definition) is 5. The van der Waals surface area contributed by atoms with E-state index in [4.69, 9.17) is 15.0 Å². The minimum Gasteiger partial charge on any atom is -0.398 e. The van der Waals surface area contributed by atoms with Gasteiger partial charge in [-0.2, -0.15) is 4.98 Å². The van der Waals surface area contributed by atoms with Gasteiger partial charge >= 0.3 is 0 Å². The molecule has 1 aliphatic carbocycles. The molecule has 0 spiro atoms. The third-order valence-corrected chi connectivity index (χ3v) is 3.93. The third kappa shape index (κ3) is 2.50. The van der Waals surface area contributed by atoms with Gasteiger partial charge in [0.15, 0.2) is 0 Å². The van der Waals surface area contributed by atoms with Gasteiger partial charge in [0, 0.05) is 22.8 Å². The summed E-state index contributed by atoms with van der Waals surface area (Å²) in [7, 11) is 1.68. The maximum absolute atomic E-state index is 5.76. The number of halogens is 1. The monoisotopic (exact) mass is 323 g/mol. The Morgan fingerprint density at radius 3 is 2.89 bits per heavy atom. The molecule has 1 atom stereocenters. The van der Waals surface area contributed by atoms with E-state index in [2.05, 4.69) is 26.1 Å². The zero-order chi connectivity index (χ0) is 13.4. The van der Waals surface area contributed by atoms with Gasteiger partial charge in [0.2, 0.25) is 5.82 Å². The van der Waals surface area contributed by atoms with Crippen molar-refractivity contribution in [3.63, 3.8) is 0 Å². The lowest BCUT2D eigenvalue weighted by Crippen LogP contribution is -2.05. The fraction of sp³-hybridized carbons (Fsp3) is 0.385. The summed E-state index contributed by atoms with van der Waals surface area (Å²) in [5.41, 5.74) is 7.27. The first-order chi connectivity index (χ1) is 9.19. The van der Waals surface area contributed by atoms with E-state index in [1.807, 2.05) is 12.1 Å². The number of nitrogens with two attached hydrogens (primary N) is 1. The van der Waals surface area contributed by atoms with Crippen LogP contribution in [0.1, 0.15) is 24.8 Å². The van der Waals surface area contributed by atoms with Crippen LogP contribution < -0.4 is 5.73 Å². The fourth-order valence-corrected chi connectivity index (χ4v) is 2.41. The van der Waals surface area contributed by atoms with Crippen LogP contribution in [0.15, 0.2) is 27.2 Å². The van der Waals surface area contributed by atoms with Gasteiger partial charge in [-0.1, -0.05) is 5.16 Å². The molecule has 19 heavy (non-hydrogen) atoms. The minimum absolute atomic E-state index is 0.0604. The maximum atomic E-state index is 5.76. The third-order valence-electron chi connectivity index (χ3n) is 3.25. The van der Waals surface area contributed by atoms with E-state index >= 15 is 0 Å². The highest BCUT2D eigenvalue weighted by Gasteiger charge is 2.35. The molecule has 1 aromatic carbocycles. The van der Waals surface area contributed by atoms with E-state index in [0.717, 1.165) is 22.9 Å². The summed E-state index contributed by atoms with van der Waals surface area (Å²) in [5.74, 6) is 1.62. The van der Waals surface area contributed by atoms with Crippen molar-refractivity contribution < 1.29 is 9.26 Å².